The Morgan fingerprint density at radius 2 is 2.00 bits per heavy atom. The molecule has 0 aromatic heterocycles. The Bertz CT molecular complexity index is 660. The van der Waals surface area contributed by atoms with E-state index in [0.717, 1.165) is 32.0 Å². The molecule has 1 aliphatic carbocycles. The molecule has 3 heterocycles. The molecule has 2 bridgehead atoms. The molecular formula is C20H24F2O4. The number of halogens is 2. The summed E-state index contributed by atoms with van der Waals surface area (Å²) in [6.07, 6.45) is 6.58. The highest BCUT2D eigenvalue weighted by molar-refractivity contribution is 5.51. The van der Waals surface area contributed by atoms with Crippen LogP contribution in [0.4, 0.5) is 8.78 Å². The average molecular weight is 366 g/mol. The van der Waals surface area contributed by atoms with Crippen LogP contribution in [0.1, 0.15) is 56.9 Å². The summed E-state index contributed by atoms with van der Waals surface area (Å²) in [6.45, 7) is 1.05. The highest BCUT2D eigenvalue weighted by Gasteiger charge is 2.50. The Labute approximate surface area is 151 Å². The minimum Gasteiger partial charge on any atom is -0.462 e. The summed E-state index contributed by atoms with van der Waals surface area (Å²) in [5.74, 6) is -2.02. The second-order valence-electron chi connectivity index (χ2n) is 7.84. The van der Waals surface area contributed by atoms with Crippen LogP contribution in [0.3, 0.4) is 0 Å². The van der Waals surface area contributed by atoms with Crippen molar-refractivity contribution >= 4 is 6.29 Å². The molecule has 0 radical (unpaired) electrons. The van der Waals surface area contributed by atoms with Crippen molar-refractivity contribution in [2.45, 2.75) is 63.3 Å². The van der Waals surface area contributed by atoms with E-state index in [0.29, 0.717) is 44.5 Å². The normalized spacial score (nSPS) is 33.8. The van der Waals surface area contributed by atoms with Gasteiger partial charge in [-0.3, -0.25) is 0 Å². The highest BCUT2D eigenvalue weighted by atomic mass is 19.2. The topological polar surface area (TPSA) is 44.8 Å². The minimum absolute atomic E-state index is 0.0860. The van der Waals surface area contributed by atoms with Gasteiger partial charge in [-0.05, 0) is 56.2 Å². The van der Waals surface area contributed by atoms with E-state index >= 15 is 0 Å². The fourth-order valence-corrected chi connectivity index (χ4v) is 4.43. The lowest BCUT2D eigenvalue weighted by molar-refractivity contribution is -0.191. The molecule has 4 nitrogen and oxygen atoms in total. The molecule has 5 rings (SSSR count). The fraction of sp³-hybridized carbons (Fsp3) is 0.650. The molecular weight excluding hydrogens is 342 g/mol. The third-order valence-corrected chi connectivity index (χ3v) is 6.21. The van der Waals surface area contributed by atoms with Gasteiger partial charge >= 0.3 is 0 Å². The molecule has 6 heteroatoms. The van der Waals surface area contributed by atoms with Gasteiger partial charge in [0.15, 0.2) is 17.9 Å². The predicted molar refractivity (Wildman–Crippen MR) is 89.8 cm³/mol. The Kier molecular flexibility index (Phi) is 4.73. The van der Waals surface area contributed by atoms with Crippen molar-refractivity contribution in [3.8, 4) is 5.75 Å². The van der Waals surface area contributed by atoms with Crippen molar-refractivity contribution in [1.82, 2.24) is 0 Å². The summed E-state index contributed by atoms with van der Waals surface area (Å²) >= 11 is 0. The lowest BCUT2D eigenvalue weighted by atomic mass is 9.63. The standard InChI is InChI=1S/C20H24F2O4/c21-15-11-14(12-16(18(15)22)26-17-3-1-2-10-24-17)20-6-4-19(5-7-20,8-9-23)13-25-20/h9,11-12,17H,1-8,10,13H2. The van der Waals surface area contributed by atoms with Crippen LogP contribution in [-0.2, 0) is 19.9 Å². The van der Waals surface area contributed by atoms with Gasteiger partial charge in [0.25, 0.3) is 0 Å². The largest absolute Gasteiger partial charge is 0.462 e. The lowest BCUT2D eigenvalue weighted by Crippen LogP contribution is -2.49. The number of hydrogen-bond donors (Lipinski definition) is 0. The van der Waals surface area contributed by atoms with Crippen LogP contribution < -0.4 is 4.74 Å². The molecule has 4 aliphatic rings. The maximum atomic E-state index is 14.3. The smallest absolute Gasteiger partial charge is 0.200 e. The highest BCUT2D eigenvalue weighted by Crippen LogP contribution is 2.55. The molecule has 26 heavy (non-hydrogen) atoms. The third kappa shape index (κ3) is 3.14. The van der Waals surface area contributed by atoms with Crippen molar-refractivity contribution in [3.63, 3.8) is 0 Å². The van der Waals surface area contributed by atoms with E-state index in [9.17, 15) is 13.6 Å². The van der Waals surface area contributed by atoms with Gasteiger partial charge in [-0.1, -0.05) is 0 Å². The second-order valence-corrected chi connectivity index (χ2v) is 7.84. The zero-order valence-corrected chi connectivity index (χ0v) is 14.8. The number of benzene rings is 1. The van der Waals surface area contributed by atoms with Gasteiger partial charge in [0.05, 0.1) is 18.8 Å². The first-order valence-corrected chi connectivity index (χ1v) is 9.41. The van der Waals surface area contributed by atoms with Gasteiger partial charge in [0.2, 0.25) is 5.82 Å². The average Bonchev–Trinajstić information content (AvgIpc) is 2.67. The number of ether oxygens (including phenoxy) is 3. The van der Waals surface area contributed by atoms with Gasteiger partial charge in [-0.15, -0.1) is 0 Å². The number of hydrogen-bond acceptors (Lipinski definition) is 4. The Balaban J connectivity index is 1.58. The maximum Gasteiger partial charge on any atom is 0.200 e. The van der Waals surface area contributed by atoms with Crippen LogP contribution >= 0.6 is 0 Å². The quantitative estimate of drug-likeness (QED) is 0.731. The molecule has 3 saturated heterocycles. The summed E-state index contributed by atoms with van der Waals surface area (Å²) in [6, 6.07) is 2.79. The van der Waals surface area contributed by atoms with Crippen LogP contribution in [0.5, 0.6) is 5.75 Å². The first-order chi connectivity index (χ1) is 12.6. The van der Waals surface area contributed by atoms with Gasteiger partial charge in [0, 0.05) is 18.3 Å². The second kappa shape index (κ2) is 6.89. The zero-order valence-electron chi connectivity index (χ0n) is 14.8. The number of rotatable bonds is 5. The van der Waals surface area contributed by atoms with Crippen molar-refractivity contribution < 1.29 is 27.8 Å². The number of carbonyl (C=O) groups excluding carboxylic acids is 1. The number of carbonyl (C=O) groups is 1. The van der Waals surface area contributed by atoms with Crippen molar-refractivity contribution in [2.75, 3.05) is 13.2 Å². The fourth-order valence-electron chi connectivity index (χ4n) is 4.43. The van der Waals surface area contributed by atoms with Crippen LogP contribution in [0.25, 0.3) is 0 Å². The summed E-state index contributed by atoms with van der Waals surface area (Å²) in [7, 11) is 0. The lowest BCUT2D eigenvalue weighted by Gasteiger charge is -2.53. The van der Waals surface area contributed by atoms with E-state index in [1.54, 1.807) is 6.07 Å². The van der Waals surface area contributed by atoms with E-state index in [2.05, 4.69) is 0 Å². The molecule has 1 aromatic rings. The minimum atomic E-state index is -0.985. The zero-order chi connectivity index (χ0) is 18.2. The van der Waals surface area contributed by atoms with Crippen LogP contribution in [0.2, 0.25) is 0 Å². The first-order valence-electron chi connectivity index (χ1n) is 9.41. The number of fused-ring (bicyclic) bond motifs is 3. The van der Waals surface area contributed by atoms with E-state index in [4.69, 9.17) is 14.2 Å². The monoisotopic (exact) mass is 366 g/mol. The van der Waals surface area contributed by atoms with Gasteiger partial charge in [0.1, 0.15) is 6.29 Å². The molecule has 0 spiro atoms. The molecule has 3 aliphatic heterocycles. The molecule has 4 fully saturated rings. The molecule has 1 unspecified atom stereocenters. The molecule has 1 aromatic carbocycles. The Morgan fingerprint density at radius 1 is 1.19 bits per heavy atom. The van der Waals surface area contributed by atoms with Gasteiger partial charge in [-0.2, -0.15) is 4.39 Å². The first kappa shape index (κ1) is 17.9. The van der Waals surface area contributed by atoms with Gasteiger partial charge in [-0.25, -0.2) is 4.39 Å². The molecule has 0 N–H and O–H groups in total. The molecule has 1 saturated carbocycles. The van der Waals surface area contributed by atoms with Crippen molar-refractivity contribution in [1.29, 1.82) is 0 Å². The predicted octanol–water partition coefficient (Wildman–Crippen LogP) is 4.25. The van der Waals surface area contributed by atoms with Crippen LogP contribution in [-0.4, -0.2) is 25.8 Å². The van der Waals surface area contributed by atoms with E-state index in [-0.39, 0.29) is 11.2 Å². The summed E-state index contributed by atoms with van der Waals surface area (Å²) in [5.41, 5.74) is -0.0937. The maximum absolute atomic E-state index is 14.3. The van der Waals surface area contributed by atoms with Crippen molar-refractivity contribution in [2.24, 2.45) is 5.41 Å². The number of aldehydes is 1. The summed E-state index contributed by atoms with van der Waals surface area (Å²) in [4.78, 5) is 10.9. The van der Waals surface area contributed by atoms with E-state index in [1.165, 1.54) is 6.07 Å². The molecule has 0 amide bonds. The summed E-state index contributed by atoms with van der Waals surface area (Å²) < 4.78 is 45.8. The van der Waals surface area contributed by atoms with Crippen molar-refractivity contribution in [3.05, 3.63) is 29.3 Å². The SMILES string of the molecule is O=CCC12CCC(c3cc(F)c(F)c(OC4CCCCO4)c3)(CC1)OC2. The Hall–Kier alpha value is -1.53. The van der Waals surface area contributed by atoms with Crippen LogP contribution in [0.15, 0.2) is 12.1 Å². The Morgan fingerprint density at radius 3 is 2.62 bits per heavy atom. The van der Waals surface area contributed by atoms with E-state index in [1.807, 2.05) is 0 Å². The van der Waals surface area contributed by atoms with Crippen LogP contribution in [0, 0.1) is 17.0 Å². The molecule has 142 valence electrons. The summed E-state index contributed by atoms with van der Waals surface area (Å²) in [5, 5.41) is 0. The van der Waals surface area contributed by atoms with Gasteiger partial charge < -0.3 is 19.0 Å². The molecule has 1 atom stereocenters. The van der Waals surface area contributed by atoms with E-state index < -0.39 is 23.5 Å². The third-order valence-electron chi connectivity index (χ3n) is 6.21.